The van der Waals surface area contributed by atoms with Crippen LogP contribution in [0.4, 0.5) is 17.1 Å². The highest BCUT2D eigenvalue weighted by atomic mass is 127. The van der Waals surface area contributed by atoms with Crippen molar-refractivity contribution in [3.05, 3.63) is 108 Å². The van der Waals surface area contributed by atoms with Gasteiger partial charge >= 0.3 is 5.69 Å². The van der Waals surface area contributed by atoms with Gasteiger partial charge in [0.25, 0.3) is 5.69 Å². The topological polar surface area (TPSA) is 129 Å². The molecule has 4 aromatic rings. The Bertz CT molecular complexity index is 1510. The van der Waals surface area contributed by atoms with Crippen LogP contribution in [0.15, 0.2) is 77.9 Å². The third kappa shape index (κ3) is 6.30. The normalized spacial score (nSPS) is 11.0. The van der Waals surface area contributed by atoms with E-state index >= 15 is 0 Å². The van der Waals surface area contributed by atoms with Gasteiger partial charge in [0.05, 0.1) is 32.3 Å². The fraction of sp³-hybridized carbons (Fsp3) is 0.115. The average molecular weight is 612 g/mol. The van der Waals surface area contributed by atoms with Gasteiger partial charge in [-0.05, 0) is 75.7 Å². The lowest BCUT2D eigenvalue weighted by atomic mass is 10.1. The van der Waals surface area contributed by atoms with E-state index in [1.807, 2.05) is 31.2 Å². The molecule has 4 aromatic carbocycles. The molecule has 0 saturated carbocycles. The highest BCUT2D eigenvalue weighted by Crippen LogP contribution is 2.35. The number of anilines is 1. The molecule has 1 N–H and O–H groups in total. The Morgan fingerprint density at radius 1 is 0.946 bits per heavy atom. The standard InChI is InChI=1S/C26H21IN4O6/c1-2-36-25-13-18(15-28-29-23-10-9-21(30(32)33)14-24(23)31(34)35)12-22(27)26(25)37-16-17-7-8-19-5-3-4-6-20(19)11-17/h3-15,29H,2,16H2,1H3/b28-15+. The number of hydrogen-bond acceptors (Lipinski definition) is 8. The summed E-state index contributed by atoms with van der Waals surface area (Å²) in [6.45, 7) is 2.66. The molecular weight excluding hydrogens is 591 g/mol. The van der Waals surface area contributed by atoms with Crippen LogP contribution in [-0.2, 0) is 6.61 Å². The lowest BCUT2D eigenvalue weighted by Crippen LogP contribution is -2.03. The molecule has 0 aliphatic heterocycles. The molecule has 10 nitrogen and oxygen atoms in total. The Morgan fingerprint density at radius 2 is 1.73 bits per heavy atom. The highest BCUT2D eigenvalue weighted by molar-refractivity contribution is 14.1. The first-order valence-corrected chi connectivity index (χ1v) is 12.2. The van der Waals surface area contributed by atoms with E-state index < -0.39 is 15.5 Å². The van der Waals surface area contributed by atoms with Crippen LogP contribution in [0.3, 0.4) is 0 Å². The SMILES string of the molecule is CCOc1cc(/C=N/Nc2ccc([N+](=O)[O-])cc2[N+](=O)[O-])cc(I)c1OCc1ccc2ccccc2c1. The van der Waals surface area contributed by atoms with Gasteiger partial charge in [-0.25, -0.2) is 0 Å². The zero-order valence-corrected chi connectivity index (χ0v) is 21.7. The number of nitro benzene ring substituents is 2. The van der Waals surface area contributed by atoms with Gasteiger partial charge in [-0.2, -0.15) is 5.10 Å². The maximum atomic E-state index is 11.3. The number of rotatable bonds is 10. The Labute approximate surface area is 225 Å². The second-order valence-corrected chi connectivity index (χ2v) is 8.98. The first-order chi connectivity index (χ1) is 17.9. The van der Waals surface area contributed by atoms with Crippen molar-refractivity contribution in [2.45, 2.75) is 13.5 Å². The molecule has 0 radical (unpaired) electrons. The summed E-state index contributed by atoms with van der Waals surface area (Å²) in [5.41, 5.74) is 3.48. The lowest BCUT2D eigenvalue weighted by Gasteiger charge is -2.15. The molecular formula is C26H21IN4O6. The quantitative estimate of drug-likeness (QED) is 0.0915. The van der Waals surface area contributed by atoms with E-state index in [0.717, 1.165) is 26.0 Å². The Morgan fingerprint density at radius 3 is 2.46 bits per heavy atom. The monoisotopic (exact) mass is 612 g/mol. The first kappa shape index (κ1) is 25.8. The molecule has 0 aliphatic rings. The van der Waals surface area contributed by atoms with Gasteiger partial charge in [0, 0.05) is 6.07 Å². The van der Waals surface area contributed by atoms with E-state index in [4.69, 9.17) is 9.47 Å². The van der Waals surface area contributed by atoms with Crippen LogP contribution >= 0.6 is 22.6 Å². The van der Waals surface area contributed by atoms with Crippen molar-refractivity contribution >= 4 is 56.6 Å². The number of non-ortho nitro benzene ring substituents is 1. The number of benzene rings is 4. The smallest absolute Gasteiger partial charge is 0.301 e. The average Bonchev–Trinajstić information content (AvgIpc) is 2.88. The summed E-state index contributed by atoms with van der Waals surface area (Å²) < 4.78 is 12.7. The summed E-state index contributed by atoms with van der Waals surface area (Å²) in [6, 6.07) is 21.2. The molecule has 0 spiro atoms. The van der Waals surface area contributed by atoms with Crippen LogP contribution in [0.25, 0.3) is 10.8 Å². The Hall–Kier alpha value is -4.26. The molecule has 0 unspecified atom stereocenters. The van der Waals surface area contributed by atoms with Crippen LogP contribution < -0.4 is 14.9 Å². The van der Waals surface area contributed by atoms with E-state index in [0.29, 0.717) is 30.3 Å². The van der Waals surface area contributed by atoms with Gasteiger partial charge in [-0.1, -0.05) is 36.4 Å². The molecule has 0 amide bonds. The molecule has 0 heterocycles. The van der Waals surface area contributed by atoms with Gasteiger partial charge in [-0.3, -0.25) is 25.7 Å². The maximum Gasteiger partial charge on any atom is 0.301 e. The highest BCUT2D eigenvalue weighted by Gasteiger charge is 2.19. The van der Waals surface area contributed by atoms with Crippen molar-refractivity contribution in [2.75, 3.05) is 12.0 Å². The lowest BCUT2D eigenvalue weighted by molar-refractivity contribution is -0.393. The maximum absolute atomic E-state index is 11.3. The molecule has 0 atom stereocenters. The summed E-state index contributed by atoms with van der Waals surface area (Å²) in [5.74, 6) is 1.14. The summed E-state index contributed by atoms with van der Waals surface area (Å²) >= 11 is 2.15. The second kappa shape index (κ2) is 11.6. The summed E-state index contributed by atoms with van der Waals surface area (Å²) in [5, 5.41) is 28.6. The number of nitro groups is 2. The molecule has 0 aromatic heterocycles. The fourth-order valence-electron chi connectivity index (χ4n) is 3.61. The molecule has 4 rings (SSSR count). The first-order valence-electron chi connectivity index (χ1n) is 11.1. The molecule has 0 fully saturated rings. The summed E-state index contributed by atoms with van der Waals surface area (Å²) in [4.78, 5) is 20.8. The van der Waals surface area contributed by atoms with Crippen LogP contribution in [0.1, 0.15) is 18.1 Å². The number of hydrogen-bond donors (Lipinski definition) is 1. The molecule has 0 saturated heterocycles. The largest absolute Gasteiger partial charge is 0.490 e. The zero-order valence-electron chi connectivity index (χ0n) is 19.6. The third-order valence-electron chi connectivity index (χ3n) is 5.32. The van der Waals surface area contributed by atoms with E-state index in [2.05, 4.69) is 57.4 Å². The third-order valence-corrected chi connectivity index (χ3v) is 6.12. The van der Waals surface area contributed by atoms with Crippen molar-refractivity contribution < 1.29 is 19.3 Å². The number of nitrogens with one attached hydrogen (secondary N) is 1. The molecule has 0 aliphatic carbocycles. The van der Waals surface area contributed by atoms with E-state index in [1.54, 1.807) is 6.07 Å². The minimum Gasteiger partial charge on any atom is -0.490 e. The van der Waals surface area contributed by atoms with Crippen LogP contribution in [0, 0.1) is 23.8 Å². The molecule has 37 heavy (non-hydrogen) atoms. The molecule has 188 valence electrons. The van der Waals surface area contributed by atoms with Crippen molar-refractivity contribution in [1.29, 1.82) is 0 Å². The van der Waals surface area contributed by atoms with Gasteiger partial charge in [0.1, 0.15) is 12.3 Å². The van der Waals surface area contributed by atoms with Gasteiger partial charge < -0.3 is 9.47 Å². The van der Waals surface area contributed by atoms with Gasteiger partial charge in [0.15, 0.2) is 11.5 Å². The number of hydrazone groups is 1. The van der Waals surface area contributed by atoms with Crippen molar-refractivity contribution in [3.8, 4) is 11.5 Å². The van der Waals surface area contributed by atoms with Crippen molar-refractivity contribution in [2.24, 2.45) is 5.10 Å². The summed E-state index contributed by atoms with van der Waals surface area (Å²) in [6.07, 6.45) is 1.48. The van der Waals surface area contributed by atoms with Gasteiger partial charge in [0.2, 0.25) is 0 Å². The Balaban J connectivity index is 1.52. The van der Waals surface area contributed by atoms with Crippen molar-refractivity contribution in [3.63, 3.8) is 0 Å². The number of ether oxygens (including phenoxy) is 2. The Kier molecular flexibility index (Phi) is 8.13. The zero-order chi connectivity index (χ0) is 26.4. The van der Waals surface area contributed by atoms with Crippen LogP contribution in [0.2, 0.25) is 0 Å². The fourth-order valence-corrected chi connectivity index (χ4v) is 4.39. The molecule has 11 heteroatoms. The van der Waals surface area contributed by atoms with Crippen LogP contribution in [0.5, 0.6) is 11.5 Å². The van der Waals surface area contributed by atoms with Crippen molar-refractivity contribution in [1.82, 2.24) is 0 Å². The summed E-state index contributed by atoms with van der Waals surface area (Å²) in [7, 11) is 0. The van der Waals surface area contributed by atoms with E-state index in [-0.39, 0.29) is 11.4 Å². The number of halogens is 1. The minimum atomic E-state index is -0.706. The minimum absolute atomic E-state index is 0.0296. The van der Waals surface area contributed by atoms with E-state index in [9.17, 15) is 20.2 Å². The predicted octanol–water partition coefficient (Wildman–Crippen LogP) is 6.68. The number of nitrogens with zero attached hydrogens (tertiary/aromatic N) is 3. The number of fused-ring (bicyclic) bond motifs is 1. The van der Waals surface area contributed by atoms with Gasteiger partial charge in [-0.15, -0.1) is 0 Å². The van der Waals surface area contributed by atoms with Crippen LogP contribution in [-0.4, -0.2) is 22.7 Å². The van der Waals surface area contributed by atoms with E-state index in [1.165, 1.54) is 18.3 Å². The second-order valence-electron chi connectivity index (χ2n) is 7.82. The predicted molar refractivity (Wildman–Crippen MR) is 150 cm³/mol. The molecule has 0 bridgehead atoms.